The third kappa shape index (κ3) is 1.66. The fraction of sp³-hybridized carbons (Fsp3) is 0.778. The van der Waals surface area contributed by atoms with E-state index in [1.165, 1.54) is 12.8 Å². The van der Waals surface area contributed by atoms with Crippen LogP contribution in [0.3, 0.4) is 0 Å². The summed E-state index contributed by atoms with van der Waals surface area (Å²) in [5.74, 6) is 0.197. The van der Waals surface area contributed by atoms with E-state index in [1.807, 2.05) is 0 Å². The molecule has 1 unspecified atom stereocenters. The number of hydrogen-bond acceptors (Lipinski definition) is 3. The third-order valence-corrected chi connectivity index (χ3v) is 2.66. The van der Waals surface area contributed by atoms with Gasteiger partial charge in [0.1, 0.15) is 6.61 Å². The van der Waals surface area contributed by atoms with Crippen molar-refractivity contribution >= 4 is 11.9 Å². The number of rotatable bonds is 2. The molecule has 1 N–H and O–H groups in total. The monoisotopic (exact) mass is 183 g/mol. The van der Waals surface area contributed by atoms with Gasteiger partial charge in [0.05, 0.1) is 0 Å². The van der Waals surface area contributed by atoms with Gasteiger partial charge in [-0.3, -0.25) is 0 Å². The van der Waals surface area contributed by atoms with Crippen molar-refractivity contribution in [2.75, 3.05) is 6.61 Å². The fourth-order valence-electron chi connectivity index (χ4n) is 1.91. The lowest BCUT2D eigenvalue weighted by molar-refractivity contribution is -0.138. The van der Waals surface area contributed by atoms with E-state index in [9.17, 15) is 4.79 Å². The number of nitrogens with zero attached hydrogens (tertiary/aromatic N) is 1. The first-order valence-electron chi connectivity index (χ1n) is 4.70. The highest BCUT2D eigenvalue weighted by Gasteiger charge is 2.31. The van der Waals surface area contributed by atoms with E-state index in [-0.39, 0.29) is 6.61 Å². The van der Waals surface area contributed by atoms with E-state index < -0.39 is 12.0 Å². The summed E-state index contributed by atoms with van der Waals surface area (Å²) in [5.41, 5.74) is 0. The molecule has 4 nitrogen and oxygen atoms in total. The predicted octanol–water partition coefficient (Wildman–Crippen LogP) is 1.06. The molecule has 0 spiro atoms. The van der Waals surface area contributed by atoms with E-state index in [0.717, 1.165) is 12.8 Å². The Morgan fingerprint density at radius 3 is 2.69 bits per heavy atom. The lowest BCUT2D eigenvalue weighted by atomic mass is 10.1. The number of carboxylic acid groups (broad SMARTS) is 1. The molecule has 2 rings (SSSR count). The van der Waals surface area contributed by atoms with Gasteiger partial charge in [-0.2, -0.15) is 0 Å². The normalized spacial score (nSPS) is 28.6. The number of aliphatic imine (C=N–C) groups is 1. The lowest BCUT2D eigenvalue weighted by Gasteiger charge is -2.06. The van der Waals surface area contributed by atoms with Crippen LogP contribution in [-0.4, -0.2) is 29.6 Å². The number of carboxylic acids is 1. The molecule has 0 radical (unpaired) electrons. The molecule has 72 valence electrons. The van der Waals surface area contributed by atoms with Crippen molar-refractivity contribution in [3.05, 3.63) is 0 Å². The molecule has 0 bridgehead atoms. The maximum absolute atomic E-state index is 10.6. The highest BCUT2D eigenvalue weighted by Crippen LogP contribution is 2.28. The molecule has 1 fully saturated rings. The van der Waals surface area contributed by atoms with Crippen molar-refractivity contribution in [3.8, 4) is 0 Å². The van der Waals surface area contributed by atoms with Crippen LogP contribution in [-0.2, 0) is 9.53 Å². The summed E-state index contributed by atoms with van der Waals surface area (Å²) in [6, 6.07) is -0.657. The summed E-state index contributed by atoms with van der Waals surface area (Å²) in [6.07, 6.45) is 4.63. The summed E-state index contributed by atoms with van der Waals surface area (Å²) in [4.78, 5) is 14.6. The average molecular weight is 183 g/mol. The highest BCUT2D eigenvalue weighted by atomic mass is 16.5. The Hall–Kier alpha value is -1.06. The molecule has 1 aliphatic heterocycles. The maximum Gasteiger partial charge on any atom is 0.332 e. The van der Waals surface area contributed by atoms with Crippen molar-refractivity contribution in [1.82, 2.24) is 0 Å². The minimum absolute atomic E-state index is 0.223. The standard InChI is InChI=1S/C9H13NO3/c11-9(12)7-5-13-8(10-7)6-3-1-2-4-6/h6-7H,1-5H2,(H,11,12). The molecule has 0 aromatic carbocycles. The fourth-order valence-corrected chi connectivity index (χ4v) is 1.91. The number of hydrogen-bond donors (Lipinski definition) is 1. The second-order valence-electron chi connectivity index (χ2n) is 3.61. The minimum atomic E-state index is -0.881. The van der Waals surface area contributed by atoms with Crippen LogP contribution >= 0.6 is 0 Å². The maximum atomic E-state index is 10.6. The lowest BCUT2D eigenvalue weighted by Crippen LogP contribution is -2.18. The van der Waals surface area contributed by atoms with Gasteiger partial charge in [-0.05, 0) is 12.8 Å². The van der Waals surface area contributed by atoms with Crippen LogP contribution in [0.2, 0.25) is 0 Å². The first-order valence-corrected chi connectivity index (χ1v) is 4.70. The average Bonchev–Trinajstić information content (AvgIpc) is 2.75. The summed E-state index contributed by atoms with van der Waals surface area (Å²) in [6.45, 7) is 0.223. The molecule has 0 amide bonds. The van der Waals surface area contributed by atoms with Crippen LogP contribution in [0.5, 0.6) is 0 Å². The second-order valence-corrected chi connectivity index (χ2v) is 3.61. The van der Waals surface area contributed by atoms with Gasteiger partial charge in [0, 0.05) is 5.92 Å². The molecule has 0 saturated heterocycles. The van der Waals surface area contributed by atoms with Crippen molar-refractivity contribution in [1.29, 1.82) is 0 Å². The highest BCUT2D eigenvalue weighted by molar-refractivity contribution is 5.86. The zero-order chi connectivity index (χ0) is 9.26. The molecular formula is C9H13NO3. The molecule has 2 aliphatic rings. The first kappa shape index (κ1) is 8.53. The van der Waals surface area contributed by atoms with E-state index >= 15 is 0 Å². The summed E-state index contributed by atoms with van der Waals surface area (Å²) < 4.78 is 5.28. The van der Waals surface area contributed by atoms with Crippen molar-refractivity contribution < 1.29 is 14.6 Å². The first-order chi connectivity index (χ1) is 6.27. The largest absolute Gasteiger partial charge is 0.480 e. The molecular weight excluding hydrogens is 170 g/mol. The minimum Gasteiger partial charge on any atom is -0.480 e. The van der Waals surface area contributed by atoms with E-state index in [1.54, 1.807) is 0 Å². The van der Waals surface area contributed by atoms with E-state index in [2.05, 4.69) is 4.99 Å². The van der Waals surface area contributed by atoms with Gasteiger partial charge in [-0.1, -0.05) is 12.8 Å². The Balaban J connectivity index is 2.00. The van der Waals surface area contributed by atoms with Crippen LogP contribution in [0.1, 0.15) is 25.7 Å². The number of aliphatic carboxylic acids is 1. The van der Waals surface area contributed by atoms with Crippen LogP contribution < -0.4 is 0 Å². The van der Waals surface area contributed by atoms with Crippen molar-refractivity contribution in [2.24, 2.45) is 10.9 Å². The van der Waals surface area contributed by atoms with Gasteiger partial charge in [0.2, 0.25) is 0 Å². The van der Waals surface area contributed by atoms with Gasteiger partial charge < -0.3 is 9.84 Å². The Labute approximate surface area is 76.6 Å². The van der Waals surface area contributed by atoms with Crippen LogP contribution in [0.15, 0.2) is 4.99 Å². The molecule has 1 aliphatic carbocycles. The SMILES string of the molecule is O=C(O)C1COC(C2CCCC2)=N1. The topological polar surface area (TPSA) is 58.9 Å². The summed E-state index contributed by atoms with van der Waals surface area (Å²) >= 11 is 0. The molecule has 4 heteroatoms. The van der Waals surface area contributed by atoms with Gasteiger partial charge >= 0.3 is 5.97 Å². The van der Waals surface area contributed by atoms with Crippen LogP contribution in [0.25, 0.3) is 0 Å². The third-order valence-electron chi connectivity index (χ3n) is 2.66. The van der Waals surface area contributed by atoms with E-state index in [4.69, 9.17) is 9.84 Å². The second kappa shape index (κ2) is 3.36. The quantitative estimate of drug-likeness (QED) is 0.696. The molecule has 1 atom stereocenters. The van der Waals surface area contributed by atoms with Crippen LogP contribution in [0, 0.1) is 5.92 Å². The zero-order valence-corrected chi connectivity index (χ0v) is 7.40. The van der Waals surface area contributed by atoms with Gasteiger partial charge in [0.25, 0.3) is 0 Å². The molecule has 0 aromatic rings. The Morgan fingerprint density at radius 2 is 2.15 bits per heavy atom. The zero-order valence-electron chi connectivity index (χ0n) is 7.40. The smallest absolute Gasteiger partial charge is 0.332 e. The Kier molecular flexibility index (Phi) is 2.20. The Bertz CT molecular complexity index is 243. The summed E-state index contributed by atoms with van der Waals surface area (Å²) in [5, 5.41) is 8.69. The number of carbonyl (C=O) groups is 1. The Morgan fingerprint density at radius 1 is 1.46 bits per heavy atom. The van der Waals surface area contributed by atoms with Gasteiger partial charge in [-0.15, -0.1) is 0 Å². The molecule has 1 heterocycles. The molecule has 0 aromatic heterocycles. The van der Waals surface area contributed by atoms with Crippen molar-refractivity contribution in [3.63, 3.8) is 0 Å². The van der Waals surface area contributed by atoms with Crippen LogP contribution in [0.4, 0.5) is 0 Å². The van der Waals surface area contributed by atoms with Gasteiger partial charge in [-0.25, -0.2) is 9.79 Å². The molecule has 13 heavy (non-hydrogen) atoms. The van der Waals surface area contributed by atoms with Crippen molar-refractivity contribution in [2.45, 2.75) is 31.7 Å². The summed E-state index contributed by atoms with van der Waals surface area (Å²) in [7, 11) is 0. The predicted molar refractivity (Wildman–Crippen MR) is 46.8 cm³/mol. The van der Waals surface area contributed by atoms with Gasteiger partial charge in [0.15, 0.2) is 11.9 Å². The van der Waals surface area contributed by atoms with E-state index in [0.29, 0.717) is 11.8 Å². The number of ether oxygens (including phenoxy) is 1. The molecule has 1 saturated carbocycles.